The van der Waals surface area contributed by atoms with Crippen LogP contribution in [0.1, 0.15) is 13.3 Å². The summed E-state index contributed by atoms with van der Waals surface area (Å²) in [6.45, 7) is 1.68. The standard InChI is InChI=1S/C10H14N4O2/c1-4-6(2)14-7(5-8(15)12-3)9(11)13-10(14)16/h1,6-7H,5H2,2-3H3,(H,12,15)(H2,11,13,16). The second-order valence-electron chi connectivity index (χ2n) is 3.46. The van der Waals surface area contributed by atoms with Gasteiger partial charge in [0.1, 0.15) is 11.9 Å². The highest BCUT2D eigenvalue weighted by atomic mass is 16.2. The molecule has 6 nitrogen and oxygen atoms in total. The van der Waals surface area contributed by atoms with Gasteiger partial charge >= 0.3 is 6.03 Å². The molecule has 0 aromatic heterocycles. The van der Waals surface area contributed by atoms with Gasteiger partial charge in [0.25, 0.3) is 0 Å². The number of amidine groups is 1. The molecular weight excluding hydrogens is 208 g/mol. The van der Waals surface area contributed by atoms with Crippen LogP contribution in [0, 0.1) is 12.3 Å². The van der Waals surface area contributed by atoms with Crippen LogP contribution in [0.3, 0.4) is 0 Å². The van der Waals surface area contributed by atoms with Crippen LogP contribution in [-0.2, 0) is 4.79 Å². The Hall–Kier alpha value is -2.03. The normalized spacial score (nSPS) is 21.3. The van der Waals surface area contributed by atoms with Gasteiger partial charge in [-0.2, -0.15) is 4.99 Å². The first-order chi connectivity index (χ1) is 7.51. The van der Waals surface area contributed by atoms with Crippen molar-refractivity contribution >= 4 is 17.8 Å². The van der Waals surface area contributed by atoms with Gasteiger partial charge in [-0.25, -0.2) is 4.79 Å². The van der Waals surface area contributed by atoms with Gasteiger partial charge in [0, 0.05) is 7.05 Å². The fraction of sp³-hybridized carbons (Fsp3) is 0.500. The van der Waals surface area contributed by atoms with Crippen LogP contribution in [0.25, 0.3) is 0 Å². The van der Waals surface area contributed by atoms with E-state index in [1.165, 1.54) is 11.9 Å². The molecule has 1 aliphatic heterocycles. The highest BCUT2D eigenvalue weighted by Crippen LogP contribution is 2.17. The molecule has 0 aromatic rings. The van der Waals surface area contributed by atoms with E-state index in [1.807, 2.05) is 0 Å². The molecule has 0 fully saturated rings. The third-order valence-corrected chi connectivity index (χ3v) is 2.44. The summed E-state index contributed by atoms with van der Waals surface area (Å²) in [7, 11) is 1.52. The molecule has 0 saturated heterocycles. The molecule has 0 aliphatic carbocycles. The fourth-order valence-corrected chi connectivity index (χ4v) is 1.51. The van der Waals surface area contributed by atoms with Gasteiger partial charge in [-0.1, -0.05) is 5.92 Å². The summed E-state index contributed by atoms with van der Waals surface area (Å²) < 4.78 is 0. The Morgan fingerprint density at radius 2 is 2.44 bits per heavy atom. The minimum atomic E-state index is -0.543. The summed E-state index contributed by atoms with van der Waals surface area (Å²) in [5.74, 6) is 2.34. The van der Waals surface area contributed by atoms with Gasteiger partial charge in [0.05, 0.1) is 12.5 Å². The van der Waals surface area contributed by atoms with E-state index in [4.69, 9.17) is 12.2 Å². The lowest BCUT2D eigenvalue weighted by atomic mass is 10.1. The van der Waals surface area contributed by atoms with Crippen LogP contribution in [-0.4, -0.2) is 41.8 Å². The van der Waals surface area contributed by atoms with Gasteiger partial charge < -0.3 is 11.1 Å². The number of terminal acetylenes is 1. The van der Waals surface area contributed by atoms with Gasteiger partial charge in [0.15, 0.2) is 0 Å². The number of urea groups is 1. The predicted octanol–water partition coefficient (Wildman–Crippen LogP) is -0.694. The average Bonchev–Trinajstić information content (AvgIpc) is 2.53. The molecule has 0 radical (unpaired) electrons. The number of hydrogen-bond acceptors (Lipinski definition) is 3. The molecule has 16 heavy (non-hydrogen) atoms. The van der Waals surface area contributed by atoms with Crippen molar-refractivity contribution in [3.63, 3.8) is 0 Å². The molecule has 2 unspecified atom stereocenters. The van der Waals surface area contributed by atoms with Crippen molar-refractivity contribution in [1.29, 1.82) is 0 Å². The first-order valence-electron chi connectivity index (χ1n) is 4.84. The summed E-state index contributed by atoms with van der Waals surface area (Å²) >= 11 is 0. The summed E-state index contributed by atoms with van der Waals surface area (Å²) in [4.78, 5) is 27.7. The van der Waals surface area contributed by atoms with E-state index in [0.29, 0.717) is 0 Å². The van der Waals surface area contributed by atoms with Crippen molar-refractivity contribution in [1.82, 2.24) is 10.2 Å². The number of rotatable bonds is 3. The number of carbonyl (C=O) groups excluding carboxylic acids is 2. The Labute approximate surface area is 93.9 Å². The third kappa shape index (κ3) is 2.14. The number of nitrogens with one attached hydrogen (secondary N) is 1. The Kier molecular flexibility index (Phi) is 3.51. The fourth-order valence-electron chi connectivity index (χ4n) is 1.51. The van der Waals surface area contributed by atoms with E-state index in [1.54, 1.807) is 6.92 Å². The highest BCUT2D eigenvalue weighted by molar-refractivity contribution is 6.04. The zero-order valence-electron chi connectivity index (χ0n) is 9.23. The zero-order chi connectivity index (χ0) is 12.3. The summed E-state index contributed by atoms with van der Waals surface area (Å²) in [5, 5.41) is 2.47. The highest BCUT2D eigenvalue weighted by Gasteiger charge is 2.37. The second-order valence-corrected chi connectivity index (χ2v) is 3.46. The summed E-state index contributed by atoms with van der Waals surface area (Å²) in [6, 6.07) is -1.47. The topological polar surface area (TPSA) is 87.8 Å². The van der Waals surface area contributed by atoms with Gasteiger partial charge in [0.2, 0.25) is 5.91 Å². The van der Waals surface area contributed by atoms with E-state index in [2.05, 4.69) is 16.2 Å². The number of amides is 3. The van der Waals surface area contributed by atoms with E-state index in [-0.39, 0.29) is 18.2 Å². The maximum atomic E-state index is 11.5. The van der Waals surface area contributed by atoms with Crippen molar-refractivity contribution in [2.45, 2.75) is 25.4 Å². The van der Waals surface area contributed by atoms with Gasteiger partial charge in [-0.05, 0) is 6.92 Å². The van der Waals surface area contributed by atoms with E-state index >= 15 is 0 Å². The Bertz CT molecular complexity index is 383. The molecule has 3 amide bonds. The first kappa shape index (κ1) is 12.0. The van der Waals surface area contributed by atoms with Crippen LogP contribution in [0.15, 0.2) is 4.99 Å². The molecule has 6 heteroatoms. The smallest absolute Gasteiger partial charge is 0.346 e. The van der Waals surface area contributed by atoms with Crippen LogP contribution >= 0.6 is 0 Å². The number of nitrogens with zero attached hydrogens (tertiary/aromatic N) is 2. The molecule has 0 saturated carbocycles. The zero-order valence-corrected chi connectivity index (χ0v) is 9.23. The van der Waals surface area contributed by atoms with Crippen molar-refractivity contribution in [3.05, 3.63) is 0 Å². The Balaban J connectivity index is 2.87. The van der Waals surface area contributed by atoms with Crippen LogP contribution in [0.2, 0.25) is 0 Å². The maximum absolute atomic E-state index is 11.5. The van der Waals surface area contributed by atoms with Gasteiger partial charge in [-0.3, -0.25) is 9.69 Å². The van der Waals surface area contributed by atoms with Crippen LogP contribution < -0.4 is 11.1 Å². The van der Waals surface area contributed by atoms with Crippen molar-refractivity contribution in [2.75, 3.05) is 7.05 Å². The number of carbonyl (C=O) groups is 2. The minimum absolute atomic E-state index is 0.0730. The summed E-state index contributed by atoms with van der Waals surface area (Å²) in [5.41, 5.74) is 5.59. The van der Waals surface area contributed by atoms with Crippen molar-refractivity contribution < 1.29 is 9.59 Å². The molecule has 0 aromatic carbocycles. The second kappa shape index (κ2) is 4.66. The maximum Gasteiger partial charge on any atom is 0.346 e. The molecular formula is C10H14N4O2. The first-order valence-corrected chi connectivity index (χ1v) is 4.84. The number of hydrogen-bond donors (Lipinski definition) is 2. The van der Waals surface area contributed by atoms with E-state index in [9.17, 15) is 9.59 Å². The van der Waals surface area contributed by atoms with E-state index in [0.717, 1.165) is 0 Å². The van der Waals surface area contributed by atoms with Gasteiger partial charge in [-0.15, -0.1) is 6.42 Å². The summed E-state index contributed by atoms with van der Waals surface area (Å²) in [6.07, 6.45) is 5.32. The average molecular weight is 222 g/mol. The largest absolute Gasteiger partial charge is 0.385 e. The molecule has 2 atom stereocenters. The van der Waals surface area contributed by atoms with Crippen LogP contribution in [0.5, 0.6) is 0 Å². The minimum Gasteiger partial charge on any atom is -0.385 e. The lowest BCUT2D eigenvalue weighted by Crippen LogP contribution is -2.47. The molecule has 86 valence electrons. The SMILES string of the molecule is C#CC(C)N1C(=O)N=C(N)C1CC(=O)NC. The van der Waals surface area contributed by atoms with Crippen molar-refractivity contribution in [2.24, 2.45) is 10.7 Å². The third-order valence-electron chi connectivity index (χ3n) is 2.44. The number of aliphatic imine (C=N–C) groups is 1. The molecule has 3 N–H and O–H groups in total. The number of nitrogens with two attached hydrogens (primary N) is 1. The molecule has 1 rings (SSSR count). The Morgan fingerprint density at radius 1 is 1.81 bits per heavy atom. The lowest BCUT2D eigenvalue weighted by Gasteiger charge is -2.26. The van der Waals surface area contributed by atoms with Crippen molar-refractivity contribution in [3.8, 4) is 12.3 Å². The molecule has 0 spiro atoms. The quantitative estimate of drug-likeness (QED) is 0.619. The Morgan fingerprint density at radius 3 is 2.94 bits per heavy atom. The monoisotopic (exact) mass is 222 g/mol. The van der Waals surface area contributed by atoms with E-state index < -0.39 is 18.1 Å². The molecule has 0 bridgehead atoms. The predicted molar refractivity (Wildman–Crippen MR) is 59.6 cm³/mol. The molecule has 1 aliphatic rings. The molecule has 1 heterocycles. The lowest BCUT2D eigenvalue weighted by molar-refractivity contribution is -0.121. The van der Waals surface area contributed by atoms with Crippen LogP contribution in [0.4, 0.5) is 4.79 Å².